The van der Waals surface area contributed by atoms with Crippen molar-refractivity contribution in [1.29, 1.82) is 0 Å². The Morgan fingerprint density at radius 1 is 0.909 bits per heavy atom. The van der Waals surface area contributed by atoms with Crippen LogP contribution in [-0.4, -0.2) is 15.9 Å². The van der Waals surface area contributed by atoms with Crippen LogP contribution in [0.3, 0.4) is 0 Å². The van der Waals surface area contributed by atoms with Gasteiger partial charge >= 0.3 is 0 Å². The van der Waals surface area contributed by atoms with Gasteiger partial charge in [0.25, 0.3) is 0 Å². The Balaban J connectivity index is 0.000000433. The Labute approximate surface area is 274 Å². The molecule has 0 atom stereocenters. The number of ketones is 1. The quantitative estimate of drug-likeness (QED) is 0.110. The van der Waals surface area contributed by atoms with Crippen LogP contribution in [0.5, 0.6) is 0 Å². The molecule has 3 aromatic carbocycles. The molecule has 5 aromatic rings. The van der Waals surface area contributed by atoms with E-state index in [1.165, 1.54) is 110 Å². The van der Waals surface area contributed by atoms with Crippen molar-refractivity contribution in [2.24, 2.45) is 0 Å². The molecule has 2 saturated carbocycles. The van der Waals surface area contributed by atoms with E-state index in [9.17, 15) is 4.79 Å². The van der Waals surface area contributed by atoms with Crippen LogP contribution in [0.2, 0.25) is 0 Å². The van der Waals surface area contributed by atoms with E-state index in [4.69, 9.17) is 14.5 Å². The fourth-order valence-electron chi connectivity index (χ4n) is 7.16. The molecule has 5 heteroatoms. The molecule has 7 rings (SSSR count). The molecule has 0 spiro atoms. The van der Waals surface area contributed by atoms with Crippen LogP contribution in [0.15, 0.2) is 71.0 Å². The van der Waals surface area contributed by atoms with Crippen molar-refractivity contribution in [3.63, 3.8) is 0 Å². The van der Waals surface area contributed by atoms with Crippen LogP contribution >= 0.6 is 0 Å². The van der Waals surface area contributed by atoms with E-state index in [-0.39, 0.29) is 31.6 Å². The molecule has 231 valence electrons. The Morgan fingerprint density at radius 3 is 2.23 bits per heavy atom. The number of para-hydroxylation sites is 1. The molecule has 0 aliphatic heterocycles. The third-order valence-corrected chi connectivity index (χ3v) is 9.27. The summed E-state index contributed by atoms with van der Waals surface area (Å²) < 4.78 is 6.52. The molecule has 0 saturated heterocycles. The number of allylic oxidation sites excluding steroid dienone is 2. The molecule has 44 heavy (non-hydrogen) atoms. The number of fused-ring (bicyclic) bond motifs is 4. The zero-order chi connectivity index (χ0) is 30.1. The summed E-state index contributed by atoms with van der Waals surface area (Å²) in [6, 6.07) is 21.8. The maximum atomic E-state index is 10.0. The predicted octanol–water partition coefficient (Wildman–Crippen LogP) is 11.1. The molecule has 0 bridgehead atoms. The van der Waals surface area contributed by atoms with Crippen LogP contribution < -0.4 is 0 Å². The van der Waals surface area contributed by atoms with E-state index in [1.807, 2.05) is 0 Å². The molecular formula is C39H42IrNO3-. The maximum absolute atomic E-state index is 10.0. The summed E-state index contributed by atoms with van der Waals surface area (Å²) in [4.78, 5) is 15.1. The zero-order valence-corrected chi connectivity index (χ0v) is 28.6. The minimum absolute atomic E-state index is 0. The molecular weight excluding hydrogens is 723 g/mol. The Bertz CT molecular complexity index is 1820. The maximum Gasteiger partial charge on any atom is 0.155 e. The van der Waals surface area contributed by atoms with Crippen LogP contribution in [0.4, 0.5) is 0 Å². The van der Waals surface area contributed by atoms with E-state index in [0.717, 1.165) is 22.4 Å². The molecule has 1 N–H and O–H groups in total. The second kappa shape index (κ2) is 13.8. The van der Waals surface area contributed by atoms with Crippen molar-refractivity contribution in [2.75, 3.05) is 0 Å². The molecule has 4 nitrogen and oxygen atoms in total. The van der Waals surface area contributed by atoms with Gasteiger partial charge < -0.3 is 14.5 Å². The molecule has 2 aliphatic rings. The summed E-state index contributed by atoms with van der Waals surface area (Å²) in [6.07, 6.45) is 13.8. The fraction of sp³-hybridized carbons (Fsp3) is 0.385. The molecule has 2 aliphatic carbocycles. The number of aromatic nitrogens is 1. The largest absolute Gasteiger partial charge is 0.512 e. The number of aliphatic hydroxyl groups excluding tert-OH is 1. The number of carbonyl (C=O) groups is 1. The fourth-order valence-corrected chi connectivity index (χ4v) is 7.16. The number of furan rings is 1. The van der Waals surface area contributed by atoms with Crippen LogP contribution in [0.25, 0.3) is 44.0 Å². The van der Waals surface area contributed by atoms with Gasteiger partial charge in [0.2, 0.25) is 0 Å². The Morgan fingerprint density at radius 2 is 1.59 bits per heavy atom. The SMILES string of the molecule is CC(=O)/C=C(/C)O.CC(C)c1cnc(-c2[c-]c(C3CCCC3)cc3c2oc2ccccc23)c2ccc(C3CCCC3)cc12.[Ir]. The van der Waals surface area contributed by atoms with Gasteiger partial charge in [-0.2, -0.15) is 0 Å². The van der Waals surface area contributed by atoms with Crippen molar-refractivity contribution < 1.29 is 34.4 Å². The normalized spacial score (nSPS) is 16.1. The van der Waals surface area contributed by atoms with E-state index in [2.05, 4.69) is 74.6 Å². The number of benzene rings is 3. The summed E-state index contributed by atoms with van der Waals surface area (Å²) in [5, 5.41) is 13.3. The smallest absolute Gasteiger partial charge is 0.155 e. The van der Waals surface area contributed by atoms with Crippen molar-refractivity contribution in [2.45, 2.75) is 96.8 Å². The van der Waals surface area contributed by atoms with Gasteiger partial charge in [-0.05, 0) is 90.9 Å². The Kier molecular flexibility index (Phi) is 10.1. The van der Waals surface area contributed by atoms with Gasteiger partial charge in [-0.25, -0.2) is 0 Å². The average molecular weight is 765 g/mol. The summed E-state index contributed by atoms with van der Waals surface area (Å²) in [5.41, 5.74) is 8.06. The van der Waals surface area contributed by atoms with Crippen LogP contribution in [0, 0.1) is 6.07 Å². The first-order chi connectivity index (χ1) is 20.8. The zero-order valence-electron chi connectivity index (χ0n) is 26.2. The van der Waals surface area contributed by atoms with Gasteiger partial charge in [0, 0.05) is 37.8 Å². The first-order valence-corrected chi connectivity index (χ1v) is 16.0. The Hall–Kier alpha value is -3.27. The molecule has 2 aromatic heterocycles. The van der Waals surface area contributed by atoms with E-state index < -0.39 is 0 Å². The first kappa shape index (κ1) is 32.1. The topological polar surface area (TPSA) is 63.3 Å². The van der Waals surface area contributed by atoms with Crippen molar-refractivity contribution >= 4 is 38.5 Å². The van der Waals surface area contributed by atoms with Crippen LogP contribution in [0.1, 0.15) is 114 Å². The van der Waals surface area contributed by atoms with E-state index >= 15 is 0 Å². The standard InChI is InChI=1S/C34H34NO.C5H8O2.Ir/c1-21(2)31-20-35-33(27-16-15-24(17-28(27)31)22-9-3-4-10-22)30-19-25(23-11-5-6-12-23)18-29-26-13-7-8-14-32(26)36-34(29)30;1-4(6)3-5(2)7;/h7-8,13-18,20-23H,3-6,9-12H2,1-2H3;3,6H,1-2H3;/q-1;;/b;4-3-;. The van der Waals surface area contributed by atoms with E-state index in [0.29, 0.717) is 17.8 Å². The van der Waals surface area contributed by atoms with Gasteiger partial charge in [0.05, 0.1) is 11.3 Å². The second-order valence-corrected chi connectivity index (χ2v) is 12.8. The number of hydrogen-bond acceptors (Lipinski definition) is 4. The van der Waals surface area contributed by atoms with Gasteiger partial charge in [0.1, 0.15) is 5.58 Å². The summed E-state index contributed by atoms with van der Waals surface area (Å²) in [6.45, 7) is 7.41. The van der Waals surface area contributed by atoms with Gasteiger partial charge in [0.15, 0.2) is 5.78 Å². The molecule has 0 amide bonds. The monoisotopic (exact) mass is 765 g/mol. The van der Waals surface area contributed by atoms with E-state index in [1.54, 1.807) is 0 Å². The summed E-state index contributed by atoms with van der Waals surface area (Å²) in [5.74, 6) is 1.64. The van der Waals surface area contributed by atoms with Crippen molar-refractivity contribution in [3.8, 4) is 11.3 Å². The number of hydrogen-bond donors (Lipinski definition) is 1. The summed E-state index contributed by atoms with van der Waals surface area (Å²) in [7, 11) is 0. The van der Waals surface area contributed by atoms with Gasteiger partial charge in [-0.3, -0.25) is 4.79 Å². The summed E-state index contributed by atoms with van der Waals surface area (Å²) >= 11 is 0. The number of carbonyl (C=O) groups excluding carboxylic acids is 1. The molecule has 2 fully saturated rings. The molecule has 2 heterocycles. The number of rotatable bonds is 5. The van der Waals surface area contributed by atoms with Gasteiger partial charge in [-0.15, -0.1) is 17.7 Å². The average Bonchev–Trinajstić information content (AvgIpc) is 3.77. The first-order valence-electron chi connectivity index (χ1n) is 16.0. The third-order valence-electron chi connectivity index (χ3n) is 9.27. The van der Waals surface area contributed by atoms with Gasteiger partial charge in [-0.1, -0.05) is 86.9 Å². The minimum atomic E-state index is -0.125. The predicted molar refractivity (Wildman–Crippen MR) is 177 cm³/mol. The molecule has 0 unspecified atom stereocenters. The van der Waals surface area contributed by atoms with Crippen LogP contribution in [-0.2, 0) is 24.9 Å². The second-order valence-electron chi connectivity index (χ2n) is 12.8. The number of pyridine rings is 1. The number of nitrogens with zero attached hydrogens (tertiary/aromatic N) is 1. The van der Waals surface area contributed by atoms with Crippen molar-refractivity contribution in [1.82, 2.24) is 4.98 Å². The molecule has 1 radical (unpaired) electrons. The van der Waals surface area contributed by atoms with Crippen molar-refractivity contribution in [3.05, 3.63) is 89.3 Å². The third kappa shape index (κ3) is 6.55. The number of aliphatic hydroxyl groups is 1. The minimum Gasteiger partial charge on any atom is -0.512 e.